The molecule has 6 heteroatoms. The fourth-order valence-electron chi connectivity index (χ4n) is 2.77. The Morgan fingerprint density at radius 3 is 2.70 bits per heavy atom. The minimum absolute atomic E-state index is 0.185. The second kappa shape index (κ2) is 6.56. The lowest BCUT2D eigenvalue weighted by molar-refractivity contribution is -0.170. The second-order valence-electron chi connectivity index (χ2n) is 5.43. The number of aliphatic hydroxyl groups excluding tert-OH is 1. The van der Waals surface area contributed by atoms with Crippen LogP contribution in [0.2, 0.25) is 0 Å². The average molecular weight is 347 g/mol. The molecule has 0 aliphatic carbocycles. The van der Waals surface area contributed by atoms with Crippen LogP contribution in [0.1, 0.15) is 51.5 Å². The van der Waals surface area contributed by atoms with Crippen LogP contribution < -0.4 is 0 Å². The summed E-state index contributed by atoms with van der Waals surface area (Å²) in [5.41, 5.74) is 0.206. The summed E-state index contributed by atoms with van der Waals surface area (Å²) < 4.78 is 14.1. The molecule has 1 aliphatic heterocycles. The molecule has 20 heavy (non-hydrogen) atoms. The van der Waals surface area contributed by atoms with Crippen LogP contribution >= 0.6 is 15.9 Å². The highest BCUT2D eigenvalue weighted by atomic mass is 79.9. The molecule has 5 nitrogen and oxygen atoms in total. The van der Waals surface area contributed by atoms with Gasteiger partial charge in [0.1, 0.15) is 11.7 Å². The van der Waals surface area contributed by atoms with Crippen LogP contribution in [0.3, 0.4) is 0 Å². The molecule has 0 aromatic carbocycles. The smallest absolute Gasteiger partial charge is 0.126 e. The number of ether oxygens (including phenoxy) is 2. The van der Waals surface area contributed by atoms with Crippen molar-refractivity contribution in [3.8, 4) is 0 Å². The molecule has 0 bridgehead atoms. The van der Waals surface area contributed by atoms with E-state index in [1.165, 1.54) is 0 Å². The summed E-state index contributed by atoms with van der Waals surface area (Å²) in [6, 6.07) is 0.185. The lowest BCUT2D eigenvalue weighted by Crippen LogP contribution is -2.45. The van der Waals surface area contributed by atoms with E-state index >= 15 is 0 Å². The molecule has 1 saturated heterocycles. The van der Waals surface area contributed by atoms with Crippen molar-refractivity contribution < 1.29 is 14.6 Å². The van der Waals surface area contributed by atoms with E-state index in [-0.39, 0.29) is 6.04 Å². The molecule has 114 valence electrons. The number of aromatic nitrogens is 2. The predicted octanol–water partition coefficient (Wildman–Crippen LogP) is 2.85. The lowest BCUT2D eigenvalue weighted by Gasteiger charge is -2.41. The van der Waals surface area contributed by atoms with Gasteiger partial charge in [0.25, 0.3) is 0 Å². The van der Waals surface area contributed by atoms with Gasteiger partial charge in [0.05, 0.1) is 16.4 Å². The van der Waals surface area contributed by atoms with Gasteiger partial charge >= 0.3 is 0 Å². The van der Waals surface area contributed by atoms with Crippen molar-refractivity contribution >= 4 is 15.9 Å². The van der Waals surface area contributed by atoms with Gasteiger partial charge in [-0.3, -0.25) is 4.68 Å². The molecule has 0 amide bonds. The van der Waals surface area contributed by atoms with Gasteiger partial charge in [-0.15, -0.1) is 0 Å². The second-order valence-corrected chi connectivity index (χ2v) is 6.28. The molecule has 0 spiro atoms. The van der Waals surface area contributed by atoms with E-state index in [1.807, 2.05) is 25.5 Å². The molecule has 2 heterocycles. The molecule has 1 fully saturated rings. The minimum atomic E-state index is -0.717. The van der Waals surface area contributed by atoms with Crippen LogP contribution in [-0.4, -0.2) is 40.3 Å². The average Bonchev–Trinajstić information content (AvgIpc) is 2.81. The zero-order chi connectivity index (χ0) is 14.8. The fraction of sp³-hybridized carbons (Fsp3) is 0.786. The van der Waals surface area contributed by atoms with E-state index < -0.39 is 11.7 Å². The van der Waals surface area contributed by atoms with Crippen LogP contribution in [0.25, 0.3) is 0 Å². The topological polar surface area (TPSA) is 56.5 Å². The Bertz CT molecular complexity index is 436. The van der Waals surface area contributed by atoms with Gasteiger partial charge in [-0.2, -0.15) is 5.10 Å². The molecule has 0 radical (unpaired) electrons. The van der Waals surface area contributed by atoms with Crippen LogP contribution in [0, 0.1) is 0 Å². The normalized spacial score (nSPS) is 20.3. The highest BCUT2D eigenvalue weighted by Crippen LogP contribution is 2.40. The van der Waals surface area contributed by atoms with Crippen molar-refractivity contribution in [1.82, 2.24) is 9.78 Å². The molecule has 1 aromatic rings. The molecule has 1 aromatic heterocycles. The van der Waals surface area contributed by atoms with E-state index in [0.29, 0.717) is 32.7 Å². The standard InChI is InChI=1S/C14H23BrN2O3/c1-4-20-14(5-7-19-8-6-14)13(18)12-11(15)9-16-17(12)10(2)3/h9-10,13,18H,4-8H2,1-3H3. The van der Waals surface area contributed by atoms with Crippen molar-refractivity contribution in [2.45, 2.75) is 51.4 Å². The molecular weight excluding hydrogens is 324 g/mol. The first-order valence-electron chi connectivity index (χ1n) is 7.14. The van der Waals surface area contributed by atoms with Crippen molar-refractivity contribution in [1.29, 1.82) is 0 Å². The van der Waals surface area contributed by atoms with Crippen molar-refractivity contribution in [3.63, 3.8) is 0 Å². The number of rotatable bonds is 5. The number of aliphatic hydroxyl groups is 1. The first-order valence-corrected chi connectivity index (χ1v) is 7.94. The number of nitrogens with zero attached hydrogens (tertiary/aromatic N) is 2. The maximum absolute atomic E-state index is 11.0. The Kier molecular flexibility index (Phi) is 5.23. The molecule has 0 saturated carbocycles. The van der Waals surface area contributed by atoms with Crippen molar-refractivity contribution in [2.75, 3.05) is 19.8 Å². The van der Waals surface area contributed by atoms with Crippen LogP contribution in [0.4, 0.5) is 0 Å². The highest BCUT2D eigenvalue weighted by Gasteiger charge is 2.43. The van der Waals surface area contributed by atoms with Gasteiger partial charge in [0, 0.05) is 38.7 Å². The van der Waals surface area contributed by atoms with Crippen molar-refractivity contribution in [2.24, 2.45) is 0 Å². The number of halogens is 1. The summed E-state index contributed by atoms with van der Waals surface area (Å²) in [4.78, 5) is 0. The third-order valence-corrected chi connectivity index (χ3v) is 4.42. The summed E-state index contributed by atoms with van der Waals surface area (Å²) in [7, 11) is 0. The quantitative estimate of drug-likeness (QED) is 0.890. The molecule has 1 unspecified atom stereocenters. The zero-order valence-corrected chi connectivity index (χ0v) is 13.9. The molecule has 2 rings (SSSR count). The van der Waals surface area contributed by atoms with Crippen molar-refractivity contribution in [3.05, 3.63) is 16.4 Å². The number of hydrogen-bond donors (Lipinski definition) is 1. The fourth-order valence-corrected chi connectivity index (χ4v) is 3.26. The summed E-state index contributed by atoms with van der Waals surface area (Å²) >= 11 is 3.50. The Hall–Kier alpha value is -0.430. The third-order valence-electron chi connectivity index (χ3n) is 3.80. The van der Waals surface area contributed by atoms with Gasteiger partial charge < -0.3 is 14.6 Å². The maximum Gasteiger partial charge on any atom is 0.126 e. The molecular formula is C14H23BrN2O3. The van der Waals surface area contributed by atoms with Gasteiger partial charge in [-0.25, -0.2) is 0 Å². The van der Waals surface area contributed by atoms with E-state index in [9.17, 15) is 5.11 Å². The largest absolute Gasteiger partial charge is 0.384 e. The summed E-state index contributed by atoms with van der Waals surface area (Å²) in [6.07, 6.45) is 2.40. The summed E-state index contributed by atoms with van der Waals surface area (Å²) in [5.74, 6) is 0. The highest BCUT2D eigenvalue weighted by molar-refractivity contribution is 9.10. The van der Waals surface area contributed by atoms with E-state index in [4.69, 9.17) is 9.47 Å². The Morgan fingerprint density at radius 2 is 2.15 bits per heavy atom. The Labute approximate surface area is 128 Å². The monoisotopic (exact) mass is 346 g/mol. The number of hydrogen-bond acceptors (Lipinski definition) is 4. The van der Waals surface area contributed by atoms with Gasteiger partial charge in [0.15, 0.2) is 0 Å². The Morgan fingerprint density at radius 1 is 1.50 bits per heavy atom. The molecule has 1 atom stereocenters. The predicted molar refractivity (Wildman–Crippen MR) is 79.7 cm³/mol. The SMILES string of the molecule is CCOC1(C(O)c2c(Br)cnn2C(C)C)CCOCC1. The first kappa shape index (κ1) is 15.9. The molecule has 1 aliphatic rings. The maximum atomic E-state index is 11.0. The first-order chi connectivity index (χ1) is 9.52. The van der Waals surface area contributed by atoms with E-state index in [0.717, 1.165) is 10.2 Å². The van der Waals surface area contributed by atoms with E-state index in [1.54, 1.807) is 6.20 Å². The zero-order valence-electron chi connectivity index (χ0n) is 12.3. The van der Waals surface area contributed by atoms with Gasteiger partial charge in [-0.1, -0.05) is 0 Å². The van der Waals surface area contributed by atoms with Gasteiger partial charge in [-0.05, 0) is 36.7 Å². The third kappa shape index (κ3) is 2.93. The lowest BCUT2D eigenvalue weighted by atomic mass is 9.86. The van der Waals surface area contributed by atoms with Crippen LogP contribution in [0.15, 0.2) is 10.7 Å². The summed E-state index contributed by atoms with van der Waals surface area (Å²) in [6.45, 7) is 7.86. The van der Waals surface area contributed by atoms with Gasteiger partial charge in [0.2, 0.25) is 0 Å². The van der Waals surface area contributed by atoms with Crippen LogP contribution in [-0.2, 0) is 9.47 Å². The Balaban J connectivity index is 2.36. The molecule has 1 N–H and O–H groups in total. The minimum Gasteiger partial charge on any atom is -0.384 e. The summed E-state index contributed by atoms with van der Waals surface area (Å²) in [5, 5.41) is 15.3. The van der Waals surface area contributed by atoms with Crippen LogP contribution in [0.5, 0.6) is 0 Å². The van der Waals surface area contributed by atoms with E-state index in [2.05, 4.69) is 21.0 Å².